The standard InChI is InChI=1S/C11H17IN5OPS/c1-8(18-2)4-16(7-20-3)10-9-11(14-5-13-10)17(19-12)6-15-9/h5-6,8,19H,4,7H2,1-3H3. The molecule has 2 atom stereocenters. The van der Waals surface area contributed by atoms with Gasteiger partial charge in [-0.2, -0.15) is 0 Å². The number of imidazole rings is 1. The van der Waals surface area contributed by atoms with Crippen molar-refractivity contribution in [2.45, 2.75) is 13.0 Å². The van der Waals surface area contributed by atoms with Crippen LogP contribution >= 0.6 is 40.2 Å². The molecule has 0 bridgehead atoms. The molecule has 0 aliphatic rings. The van der Waals surface area contributed by atoms with E-state index >= 15 is 0 Å². The van der Waals surface area contributed by atoms with E-state index in [1.165, 1.54) is 0 Å². The minimum atomic E-state index is 0.140. The quantitative estimate of drug-likeness (QED) is 0.387. The summed E-state index contributed by atoms with van der Waals surface area (Å²) in [7, 11) is 1.73. The van der Waals surface area contributed by atoms with Crippen molar-refractivity contribution in [3.05, 3.63) is 12.7 Å². The van der Waals surface area contributed by atoms with Gasteiger partial charge in [0, 0.05) is 13.7 Å². The first-order chi connectivity index (χ1) is 9.71. The fraction of sp³-hybridized carbons (Fsp3) is 0.545. The van der Waals surface area contributed by atoms with Gasteiger partial charge >= 0.3 is 0 Å². The normalized spacial score (nSPS) is 13.4. The van der Waals surface area contributed by atoms with E-state index in [1.54, 1.807) is 25.2 Å². The lowest BCUT2D eigenvalue weighted by Gasteiger charge is -2.25. The van der Waals surface area contributed by atoms with Crippen molar-refractivity contribution in [2.75, 3.05) is 30.7 Å². The minimum Gasteiger partial charge on any atom is -0.380 e. The highest BCUT2D eigenvalue weighted by molar-refractivity contribution is 14.2. The van der Waals surface area contributed by atoms with Crippen molar-refractivity contribution < 1.29 is 4.74 Å². The van der Waals surface area contributed by atoms with E-state index in [4.69, 9.17) is 4.74 Å². The van der Waals surface area contributed by atoms with Crippen molar-refractivity contribution >= 4 is 57.2 Å². The van der Waals surface area contributed by atoms with Crippen molar-refractivity contribution in [3.63, 3.8) is 0 Å². The lowest BCUT2D eigenvalue weighted by atomic mass is 10.3. The topological polar surface area (TPSA) is 56.1 Å². The number of hydrogen-bond acceptors (Lipinski definition) is 6. The highest BCUT2D eigenvalue weighted by Gasteiger charge is 2.17. The first-order valence-corrected chi connectivity index (χ1v) is 11.5. The van der Waals surface area contributed by atoms with Crippen molar-refractivity contribution in [3.8, 4) is 0 Å². The smallest absolute Gasteiger partial charge is 0.169 e. The summed E-state index contributed by atoms with van der Waals surface area (Å²) in [6, 6.07) is 0. The molecule has 0 fully saturated rings. The zero-order valence-electron chi connectivity index (χ0n) is 11.6. The van der Waals surface area contributed by atoms with Crippen LogP contribution in [-0.4, -0.2) is 51.2 Å². The molecular weight excluding hydrogens is 408 g/mol. The van der Waals surface area contributed by atoms with Gasteiger partial charge in [-0.25, -0.2) is 15.0 Å². The molecule has 2 rings (SSSR count). The molecule has 110 valence electrons. The predicted octanol–water partition coefficient (Wildman–Crippen LogP) is 2.78. The first-order valence-electron chi connectivity index (χ1n) is 6.02. The van der Waals surface area contributed by atoms with Crippen molar-refractivity contribution in [2.24, 2.45) is 0 Å². The zero-order chi connectivity index (χ0) is 14.5. The molecule has 2 unspecified atom stereocenters. The number of nitrogens with zero attached hydrogens (tertiary/aromatic N) is 5. The number of fused-ring (bicyclic) bond motifs is 1. The summed E-state index contributed by atoms with van der Waals surface area (Å²) in [6.45, 7) is 2.83. The van der Waals surface area contributed by atoms with Crippen LogP contribution in [0.15, 0.2) is 12.7 Å². The van der Waals surface area contributed by atoms with Gasteiger partial charge in [0.1, 0.15) is 12.7 Å². The Balaban J connectivity index is 2.39. The Labute approximate surface area is 137 Å². The lowest BCUT2D eigenvalue weighted by Crippen LogP contribution is -2.32. The average Bonchev–Trinajstić information content (AvgIpc) is 2.89. The minimum absolute atomic E-state index is 0.140. The number of ether oxygens (including phenoxy) is 1. The summed E-state index contributed by atoms with van der Waals surface area (Å²) >= 11 is 4.08. The highest BCUT2D eigenvalue weighted by Crippen LogP contribution is 2.30. The Kier molecular flexibility index (Phi) is 6.25. The van der Waals surface area contributed by atoms with Crippen LogP contribution in [0.2, 0.25) is 0 Å². The van der Waals surface area contributed by atoms with Crippen LogP contribution < -0.4 is 4.90 Å². The van der Waals surface area contributed by atoms with E-state index in [0.717, 1.165) is 29.4 Å². The molecule has 2 aromatic heterocycles. The van der Waals surface area contributed by atoms with Gasteiger partial charge in [0.2, 0.25) is 0 Å². The SMILES string of the molecule is COC(C)CN(CSC)c1ncnc2c1ncn2PI. The van der Waals surface area contributed by atoms with Crippen LogP contribution in [0.4, 0.5) is 5.82 Å². The summed E-state index contributed by atoms with van der Waals surface area (Å²) in [4.78, 5) is 15.4. The fourth-order valence-electron chi connectivity index (χ4n) is 1.86. The molecule has 6 nitrogen and oxygen atoms in total. The Hall–Kier alpha value is -0.180. The number of thioether (sulfide) groups is 1. The number of anilines is 1. The van der Waals surface area contributed by atoms with E-state index < -0.39 is 0 Å². The van der Waals surface area contributed by atoms with Gasteiger partial charge in [0.05, 0.1) is 18.4 Å². The maximum Gasteiger partial charge on any atom is 0.169 e. The van der Waals surface area contributed by atoms with Gasteiger partial charge in [-0.05, 0) is 35.2 Å². The van der Waals surface area contributed by atoms with Crippen LogP contribution in [0.1, 0.15) is 6.92 Å². The molecule has 9 heteroatoms. The Bertz CT molecular complexity index is 569. The monoisotopic (exact) mass is 425 g/mol. The second-order valence-corrected chi connectivity index (χ2v) is 7.19. The number of rotatable bonds is 7. The number of aromatic nitrogens is 4. The van der Waals surface area contributed by atoms with Gasteiger partial charge in [-0.3, -0.25) is 4.34 Å². The van der Waals surface area contributed by atoms with Gasteiger partial charge < -0.3 is 9.64 Å². The second kappa shape index (κ2) is 7.72. The summed E-state index contributed by atoms with van der Waals surface area (Å²) in [6.07, 6.45) is 6.23. The highest BCUT2D eigenvalue weighted by atomic mass is 127. The van der Waals surface area contributed by atoms with Crippen LogP contribution in [0.5, 0.6) is 0 Å². The molecule has 2 aromatic rings. The summed E-state index contributed by atoms with van der Waals surface area (Å²) in [5, 5.41) is 0. The third-order valence-corrected chi connectivity index (χ3v) is 5.51. The maximum absolute atomic E-state index is 5.37. The van der Waals surface area contributed by atoms with E-state index in [1.807, 2.05) is 10.7 Å². The van der Waals surface area contributed by atoms with E-state index in [9.17, 15) is 0 Å². The van der Waals surface area contributed by atoms with E-state index in [2.05, 4.69) is 55.1 Å². The van der Waals surface area contributed by atoms with Crippen molar-refractivity contribution in [1.82, 2.24) is 19.3 Å². The van der Waals surface area contributed by atoms with E-state index in [-0.39, 0.29) is 6.10 Å². The van der Waals surface area contributed by atoms with E-state index in [0.29, 0.717) is 6.37 Å². The Morgan fingerprint density at radius 3 is 2.95 bits per heavy atom. The molecule has 20 heavy (non-hydrogen) atoms. The van der Waals surface area contributed by atoms with Gasteiger partial charge in [-0.15, -0.1) is 11.8 Å². The van der Waals surface area contributed by atoms with Crippen LogP contribution in [0.25, 0.3) is 11.2 Å². The molecule has 0 radical (unpaired) electrons. The maximum atomic E-state index is 5.37. The van der Waals surface area contributed by atoms with Gasteiger partial charge in [0.25, 0.3) is 0 Å². The average molecular weight is 425 g/mol. The fourth-order valence-corrected chi connectivity index (χ4v) is 3.80. The molecule has 0 aromatic carbocycles. The molecule has 0 aliphatic carbocycles. The third-order valence-electron chi connectivity index (χ3n) is 2.87. The summed E-state index contributed by atoms with van der Waals surface area (Å²) < 4.78 is 7.41. The molecule has 0 N–H and O–H groups in total. The second-order valence-electron chi connectivity index (χ2n) is 4.26. The number of hydrogen-bond donors (Lipinski definition) is 0. The molecule has 0 saturated heterocycles. The Morgan fingerprint density at radius 2 is 2.30 bits per heavy atom. The predicted molar refractivity (Wildman–Crippen MR) is 95.3 cm³/mol. The molecule has 2 heterocycles. The molecule has 0 amide bonds. The van der Waals surface area contributed by atoms with Crippen LogP contribution in [0, 0.1) is 0 Å². The zero-order valence-corrected chi connectivity index (χ0v) is 15.6. The van der Waals surface area contributed by atoms with Gasteiger partial charge in [-0.1, -0.05) is 0 Å². The first kappa shape index (κ1) is 16.2. The summed E-state index contributed by atoms with van der Waals surface area (Å²) in [5.74, 6) is 1.72. The van der Waals surface area contributed by atoms with Crippen molar-refractivity contribution in [1.29, 1.82) is 0 Å². The summed E-state index contributed by atoms with van der Waals surface area (Å²) in [5.41, 5.74) is 1.74. The molecular formula is C11H17IN5OPS. The number of methoxy groups -OCH3 is 1. The third kappa shape index (κ3) is 3.52. The number of halogens is 1. The molecule has 0 spiro atoms. The Morgan fingerprint density at radius 1 is 1.50 bits per heavy atom. The lowest BCUT2D eigenvalue weighted by molar-refractivity contribution is 0.124. The van der Waals surface area contributed by atoms with Crippen LogP contribution in [-0.2, 0) is 4.74 Å². The molecule has 0 saturated carbocycles. The molecule has 0 aliphatic heterocycles. The van der Waals surface area contributed by atoms with Crippen LogP contribution in [0.3, 0.4) is 0 Å². The van der Waals surface area contributed by atoms with Gasteiger partial charge in [0.15, 0.2) is 17.0 Å². The largest absolute Gasteiger partial charge is 0.380 e.